The molecule has 2 aromatic rings. The molecule has 3 saturated heterocycles. The van der Waals surface area contributed by atoms with Gasteiger partial charge in [-0.1, -0.05) is 13.3 Å². The Morgan fingerprint density at radius 2 is 2.15 bits per heavy atom. The van der Waals surface area contributed by atoms with Gasteiger partial charge in [-0.05, 0) is 26.2 Å². The average molecular weight is 372 g/mol. The Morgan fingerprint density at radius 3 is 2.92 bits per heavy atom. The molecule has 3 aliphatic rings. The third-order valence-corrected chi connectivity index (χ3v) is 6.03. The summed E-state index contributed by atoms with van der Waals surface area (Å²) in [7, 11) is 0. The lowest BCUT2D eigenvalue weighted by Gasteiger charge is -2.35. The molecule has 0 N–H and O–H groups in total. The minimum atomic E-state index is 0.0529. The molecule has 138 valence electrons. The smallest absolute Gasteiger partial charge is 0.228 e. The summed E-state index contributed by atoms with van der Waals surface area (Å²) in [5.74, 6) is 2.15. The van der Waals surface area contributed by atoms with Gasteiger partial charge in [-0.3, -0.25) is 4.79 Å². The molecule has 5 heterocycles. The van der Waals surface area contributed by atoms with E-state index in [0.29, 0.717) is 6.54 Å². The molecular weight excluding hydrogens is 346 g/mol. The average Bonchev–Trinajstić information content (AvgIpc) is 3.00. The van der Waals surface area contributed by atoms with Gasteiger partial charge in [0.15, 0.2) is 0 Å². The fourth-order valence-corrected chi connectivity index (χ4v) is 4.66. The lowest BCUT2D eigenvalue weighted by atomic mass is 9.94. The highest BCUT2D eigenvalue weighted by molar-refractivity contribution is 7.07. The van der Waals surface area contributed by atoms with Gasteiger partial charge in [-0.2, -0.15) is 0 Å². The maximum atomic E-state index is 13.0. The van der Waals surface area contributed by atoms with Gasteiger partial charge in [0, 0.05) is 36.3 Å². The molecule has 0 aromatic carbocycles. The summed E-state index contributed by atoms with van der Waals surface area (Å²) in [6.07, 6.45) is 6.03. The van der Waals surface area contributed by atoms with Crippen LogP contribution in [0.5, 0.6) is 0 Å². The number of anilines is 1. The van der Waals surface area contributed by atoms with Crippen molar-refractivity contribution < 1.29 is 4.79 Å². The van der Waals surface area contributed by atoms with E-state index < -0.39 is 0 Å². The summed E-state index contributed by atoms with van der Waals surface area (Å²) >= 11 is 1.58. The molecule has 2 bridgehead atoms. The summed E-state index contributed by atoms with van der Waals surface area (Å²) in [6.45, 7) is 6.35. The van der Waals surface area contributed by atoms with Crippen molar-refractivity contribution in [2.45, 2.75) is 52.1 Å². The van der Waals surface area contributed by atoms with E-state index in [9.17, 15) is 4.79 Å². The van der Waals surface area contributed by atoms with Crippen LogP contribution in [0.15, 0.2) is 17.1 Å². The van der Waals surface area contributed by atoms with Crippen LogP contribution in [0.4, 0.5) is 5.82 Å². The first-order valence-corrected chi connectivity index (χ1v) is 10.3. The highest BCUT2D eigenvalue weighted by Crippen LogP contribution is 2.33. The first kappa shape index (κ1) is 17.4. The zero-order chi connectivity index (χ0) is 18.1. The third-order valence-electron chi connectivity index (χ3n) is 5.39. The Kier molecular flexibility index (Phi) is 4.89. The van der Waals surface area contributed by atoms with Crippen LogP contribution in [-0.2, 0) is 17.8 Å². The first-order chi connectivity index (χ1) is 12.7. The van der Waals surface area contributed by atoms with Crippen molar-refractivity contribution in [3.63, 3.8) is 0 Å². The zero-order valence-electron chi connectivity index (χ0n) is 15.4. The molecular formula is C19H25N5OS. The molecule has 0 unspecified atom stereocenters. The summed E-state index contributed by atoms with van der Waals surface area (Å²) in [6, 6.07) is 0.229. The molecule has 1 amide bonds. The number of thiazole rings is 1. The highest BCUT2D eigenvalue weighted by Gasteiger charge is 2.41. The van der Waals surface area contributed by atoms with Crippen molar-refractivity contribution in [2.75, 3.05) is 18.0 Å². The second-order valence-corrected chi connectivity index (χ2v) is 8.01. The quantitative estimate of drug-likeness (QED) is 0.809. The number of fused-ring (bicyclic) bond motifs is 4. The van der Waals surface area contributed by atoms with E-state index in [0.717, 1.165) is 56.1 Å². The van der Waals surface area contributed by atoms with Gasteiger partial charge in [0.25, 0.3) is 0 Å². The van der Waals surface area contributed by atoms with E-state index >= 15 is 0 Å². The molecule has 2 aromatic heterocycles. The van der Waals surface area contributed by atoms with Crippen molar-refractivity contribution in [3.05, 3.63) is 34.2 Å². The maximum absolute atomic E-state index is 13.0. The summed E-state index contributed by atoms with van der Waals surface area (Å²) in [5.41, 5.74) is 4.02. The van der Waals surface area contributed by atoms with E-state index in [4.69, 9.17) is 4.98 Å². The largest absolute Gasteiger partial charge is 0.353 e. The van der Waals surface area contributed by atoms with E-state index in [1.165, 1.54) is 5.56 Å². The van der Waals surface area contributed by atoms with Crippen LogP contribution in [0, 0.1) is 12.8 Å². The minimum Gasteiger partial charge on any atom is -0.353 e. The molecule has 3 fully saturated rings. The van der Waals surface area contributed by atoms with E-state index in [2.05, 4.69) is 26.7 Å². The van der Waals surface area contributed by atoms with Gasteiger partial charge in [-0.25, -0.2) is 15.0 Å². The topological polar surface area (TPSA) is 62.2 Å². The fraction of sp³-hybridized carbons (Fsp3) is 0.579. The van der Waals surface area contributed by atoms with Crippen molar-refractivity contribution in [3.8, 4) is 0 Å². The van der Waals surface area contributed by atoms with Crippen LogP contribution in [0.25, 0.3) is 0 Å². The van der Waals surface area contributed by atoms with Gasteiger partial charge in [0.2, 0.25) is 5.91 Å². The molecule has 3 aliphatic heterocycles. The van der Waals surface area contributed by atoms with E-state index in [-0.39, 0.29) is 17.9 Å². The van der Waals surface area contributed by atoms with Gasteiger partial charge in [0.1, 0.15) is 11.6 Å². The second kappa shape index (κ2) is 7.31. The Hall–Kier alpha value is -2.02. The molecule has 2 atom stereocenters. The summed E-state index contributed by atoms with van der Waals surface area (Å²) in [5, 5.41) is 2.04. The van der Waals surface area contributed by atoms with Gasteiger partial charge < -0.3 is 9.80 Å². The van der Waals surface area contributed by atoms with Gasteiger partial charge in [-0.15, -0.1) is 11.3 Å². The van der Waals surface area contributed by atoms with Gasteiger partial charge in [0.05, 0.1) is 23.7 Å². The molecule has 7 heteroatoms. The molecule has 0 spiro atoms. The predicted octanol–water partition coefficient (Wildman–Crippen LogP) is 2.82. The Balaban J connectivity index is 1.62. The SMILES string of the molecule is CCCc1cnc(C)nc1N1C[C@@H]2CC[C@H](C1)N(Cc1cscn1)C2=O. The van der Waals surface area contributed by atoms with Crippen LogP contribution in [0.2, 0.25) is 0 Å². The first-order valence-electron chi connectivity index (χ1n) is 9.40. The van der Waals surface area contributed by atoms with E-state index in [1.807, 2.05) is 24.0 Å². The number of carbonyl (C=O) groups is 1. The lowest BCUT2D eigenvalue weighted by Crippen LogP contribution is -2.47. The fourth-order valence-electron chi connectivity index (χ4n) is 4.11. The standard InChI is InChI=1S/C19H25N5OS/c1-3-4-14-7-20-13(2)22-18(14)23-8-15-5-6-17(10-23)24(19(15)25)9-16-11-26-12-21-16/h7,11-12,15,17H,3-6,8-10H2,1-2H3/t15-,17+/m0/s1. The Morgan fingerprint density at radius 1 is 1.27 bits per heavy atom. The van der Waals surface area contributed by atoms with Crippen molar-refractivity contribution >= 4 is 23.1 Å². The molecule has 5 rings (SSSR count). The monoisotopic (exact) mass is 371 g/mol. The minimum absolute atomic E-state index is 0.0529. The Bertz CT molecular complexity index is 778. The summed E-state index contributed by atoms with van der Waals surface area (Å²) in [4.78, 5) is 30.9. The number of aromatic nitrogens is 3. The number of rotatable bonds is 5. The number of amides is 1. The molecule has 6 nitrogen and oxygen atoms in total. The summed E-state index contributed by atoms with van der Waals surface area (Å²) < 4.78 is 0. The predicted molar refractivity (Wildman–Crippen MR) is 102 cm³/mol. The van der Waals surface area contributed by atoms with Crippen LogP contribution in [0.1, 0.15) is 43.3 Å². The third kappa shape index (κ3) is 3.32. The zero-order valence-corrected chi connectivity index (χ0v) is 16.2. The van der Waals surface area contributed by atoms with Crippen molar-refractivity contribution in [1.29, 1.82) is 0 Å². The van der Waals surface area contributed by atoms with Crippen LogP contribution < -0.4 is 4.90 Å². The lowest BCUT2D eigenvalue weighted by molar-refractivity contribution is -0.140. The van der Waals surface area contributed by atoms with Gasteiger partial charge >= 0.3 is 0 Å². The number of hydrogen-bond acceptors (Lipinski definition) is 6. The van der Waals surface area contributed by atoms with Crippen LogP contribution in [-0.4, -0.2) is 44.9 Å². The van der Waals surface area contributed by atoms with Crippen molar-refractivity contribution in [2.24, 2.45) is 5.92 Å². The molecule has 0 aliphatic carbocycles. The molecule has 0 radical (unpaired) electrons. The number of carbonyl (C=O) groups excluding carboxylic acids is 1. The van der Waals surface area contributed by atoms with Crippen molar-refractivity contribution in [1.82, 2.24) is 19.9 Å². The van der Waals surface area contributed by atoms with Crippen LogP contribution >= 0.6 is 11.3 Å². The highest BCUT2D eigenvalue weighted by atomic mass is 32.1. The number of nitrogens with zero attached hydrogens (tertiary/aromatic N) is 5. The number of hydrogen-bond donors (Lipinski definition) is 0. The van der Waals surface area contributed by atoms with Crippen LogP contribution in [0.3, 0.4) is 0 Å². The Labute approximate surface area is 158 Å². The molecule has 0 saturated carbocycles. The normalized spacial score (nSPS) is 22.8. The number of aryl methyl sites for hydroxylation is 2. The van der Waals surface area contributed by atoms with E-state index in [1.54, 1.807) is 11.3 Å². The molecule has 26 heavy (non-hydrogen) atoms. The second-order valence-electron chi connectivity index (χ2n) is 7.30. The maximum Gasteiger partial charge on any atom is 0.228 e. The number of piperidine rings is 1.